The number of carbonyl (C=O) groups is 1. The largest absolute Gasteiger partial charge is 0.350 e. The fraction of sp³-hybridized carbons (Fsp3) is 0.955. The van der Waals surface area contributed by atoms with Gasteiger partial charge >= 0.3 is 0 Å². The molecule has 7 unspecified atom stereocenters. The van der Waals surface area contributed by atoms with Crippen LogP contribution in [-0.4, -0.2) is 36.6 Å². The number of piperidine rings is 1. The van der Waals surface area contributed by atoms with Crippen LogP contribution in [0.5, 0.6) is 0 Å². The minimum Gasteiger partial charge on any atom is -0.350 e. The van der Waals surface area contributed by atoms with Crippen molar-refractivity contribution >= 4 is 5.91 Å². The van der Waals surface area contributed by atoms with Gasteiger partial charge in [-0.15, -0.1) is 0 Å². The third-order valence-electron chi connectivity index (χ3n) is 8.04. The third kappa shape index (κ3) is 3.82. The van der Waals surface area contributed by atoms with Crippen molar-refractivity contribution in [1.82, 2.24) is 16.0 Å². The number of amides is 1. The van der Waals surface area contributed by atoms with E-state index in [1.165, 1.54) is 57.8 Å². The fourth-order valence-corrected chi connectivity index (χ4v) is 6.51. The summed E-state index contributed by atoms with van der Waals surface area (Å²) in [7, 11) is 0. The van der Waals surface area contributed by atoms with Crippen molar-refractivity contribution < 1.29 is 4.79 Å². The Hall–Kier alpha value is -0.610. The average Bonchev–Trinajstić information content (AvgIpc) is 3.31. The molecule has 0 aromatic rings. The van der Waals surface area contributed by atoms with Gasteiger partial charge in [0, 0.05) is 18.1 Å². The number of carbonyl (C=O) groups excluding carboxylic acids is 1. The van der Waals surface area contributed by atoms with Crippen molar-refractivity contribution in [3.8, 4) is 0 Å². The summed E-state index contributed by atoms with van der Waals surface area (Å²) >= 11 is 0. The fourth-order valence-electron chi connectivity index (χ4n) is 6.51. The van der Waals surface area contributed by atoms with Crippen LogP contribution >= 0.6 is 0 Å². The molecule has 4 nitrogen and oxygen atoms in total. The van der Waals surface area contributed by atoms with Crippen LogP contribution in [0.25, 0.3) is 0 Å². The second kappa shape index (κ2) is 8.18. The molecular formula is C22H39N3O. The van der Waals surface area contributed by atoms with Crippen molar-refractivity contribution in [2.75, 3.05) is 6.54 Å². The minimum atomic E-state index is 0.0355. The van der Waals surface area contributed by atoms with Crippen molar-refractivity contribution in [1.29, 1.82) is 0 Å². The molecule has 3 N–H and O–H groups in total. The molecule has 4 aliphatic rings. The van der Waals surface area contributed by atoms with Crippen molar-refractivity contribution in [3.63, 3.8) is 0 Å². The van der Waals surface area contributed by atoms with Gasteiger partial charge in [-0.1, -0.05) is 33.1 Å². The number of hydrogen-bond acceptors (Lipinski definition) is 3. The van der Waals surface area contributed by atoms with Crippen LogP contribution < -0.4 is 16.0 Å². The van der Waals surface area contributed by atoms with Crippen molar-refractivity contribution in [3.05, 3.63) is 0 Å². The van der Waals surface area contributed by atoms with Gasteiger partial charge in [0.15, 0.2) is 0 Å². The summed E-state index contributed by atoms with van der Waals surface area (Å²) in [6, 6.07) is 1.38. The van der Waals surface area contributed by atoms with Crippen LogP contribution in [0.2, 0.25) is 0 Å². The van der Waals surface area contributed by atoms with Gasteiger partial charge in [-0.3, -0.25) is 4.79 Å². The second-order valence-corrected chi connectivity index (χ2v) is 9.83. The average molecular weight is 362 g/mol. The van der Waals surface area contributed by atoms with Gasteiger partial charge in [-0.05, 0) is 75.2 Å². The van der Waals surface area contributed by atoms with E-state index in [4.69, 9.17) is 0 Å². The Morgan fingerprint density at radius 2 is 1.73 bits per heavy atom. The summed E-state index contributed by atoms with van der Waals surface area (Å²) < 4.78 is 0. The van der Waals surface area contributed by atoms with Crippen LogP contribution in [0.4, 0.5) is 0 Å². The molecule has 0 radical (unpaired) electrons. The summed E-state index contributed by atoms with van der Waals surface area (Å²) in [6.45, 7) is 5.84. The Bertz CT molecular complexity index is 490. The first-order valence-electron chi connectivity index (χ1n) is 11.4. The first-order chi connectivity index (χ1) is 12.6. The normalized spacial score (nSPS) is 42.4. The molecule has 0 aromatic carbocycles. The zero-order valence-electron chi connectivity index (χ0n) is 16.8. The second-order valence-electron chi connectivity index (χ2n) is 9.83. The van der Waals surface area contributed by atoms with Gasteiger partial charge in [-0.2, -0.15) is 0 Å². The Morgan fingerprint density at radius 1 is 0.962 bits per heavy atom. The van der Waals surface area contributed by atoms with E-state index >= 15 is 0 Å². The van der Waals surface area contributed by atoms with Crippen LogP contribution in [0.3, 0.4) is 0 Å². The zero-order chi connectivity index (χ0) is 18.1. The molecule has 1 amide bonds. The van der Waals surface area contributed by atoms with Crippen molar-refractivity contribution in [2.45, 2.75) is 102 Å². The van der Waals surface area contributed by atoms with Crippen LogP contribution in [0, 0.1) is 23.7 Å². The van der Waals surface area contributed by atoms with Crippen LogP contribution in [0.1, 0.15) is 78.1 Å². The molecule has 2 aliphatic carbocycles. The van der Waals surface area contributed by atoms with E-state index in [-0.39, 0.29) is 11.9 Å². The predicted octanol–water partition coefficient (Wildman–Crippen LogP) is 3.22. The quantitative estimate of drug-likeness (QED) is 0.721. The SMILES string of the molecule is CC1CCCC2CC(C(=O)NC(C3CCCC3)C3NCCCC3C)NC12. The zero-order valence-corrected chi connectivity index (χ0v) is 16.8. The standard InChI is InChI=1S/C22H39N3O/c1-14-7-5-11-17-13-18(24-19(14)17)22(26)25-21(16-9-3-4-10-16)20-15(2)8-6-12-23-20/h14-21,23-24H,3-13H2,1-2H3,(H,25,26). The van der Waals surface area contributed by atoms with Gasteiger partial charge in [0.25, 0.3) is 0 Å². The molecular weight excluding hydrogens is 322 g/mol. The molecule has 4 fully saturated rings. The van der Waals surface area contributed by atoms with Gasteiger partial charge in [0.2, 0.25) is 5.91 Å². The van der Waals surface area contributed by atoms with Crippen LogP contribution in [-0.2, 0) is 4.79 Å². The summed E-state index contributed by atoms with van der Waals surface area (Å²) in [5.41, 5.74) is 0. The highest BCUT2D eigenvalue weighted by molar-refractivity contribution is 5.82. The molecule has 2 heterocycles. The Kier molecular flexibility index (Phi) is 5.90. The first kappa shape index (κ1) is 18.7. The highest BCUT2D eigenvalue weighted by Crippen LogP contribution is 2.37. The van der Waals surface area contributed by atoms with Gasteiger partial charge in [0.1, 0.15) is 0 Å². The first-order valence-corrected chi connectivity index (χ1v) is 11.4. The van der Waals surface area contributed by atoms with Gasteiger partial charge < -0.3 is 16.0 Å². The molecule has 4 rings (SSSR count). The maximum Gasteiger partial charge on any atom is 0.237 e. The summed E-state index contributed by atoms with van der Waals surface area (Å²) in [5.74, 6) is 3.04. The molecule has 26 heavy (non-hydrogen) atoms. The summed E-state index contributed by atoms with van der Waals surface area (Å²) in [4.78, 5) is 13.2. The highest BCUT2D eigenvalue weighted by atomic mass is 16.2. The van der Waals surface area contributed by atoms with E-state index < -0.39 is 0 Å². The van der Waals surface area contributed by atoms with E-state index in [0.717, 1.165) is 18.9 Å². The van der Waals surface area contributed by atoms with Crippen molar-refractivity contribution in [2.24, 2.45) is 23.7 Å². The van der Waals surface area contributed by atoms with Gasteiger partial charge in [0.05, 0.1) is 6.04 Å². The molecule has 0 spiro atoms. The number of hydrogen-bond donors (Lipinski definition) is 3. The molecule has 0 bridgehead atoms. The van der Waals surface area contributed by atoms with E-state index in [1.54, 1.807) is 0 Å². The Balaban J connectivity index is 1.42. The third-order valence-corrected chi connectivity index (χ3v) is 8.04. The maximum atomic E-state index is 13.2. The lowest BCUT2D eigenvalue weighted by atomic mass is 9.78. The topological polar surface area (TPSA) is 53.2 Å². The highest BCUT2D eigenvalue weighted by Gasteiger charge is 2.43. The molecule has 2 saturated carbocycles. The van der Waals surface area contributed by atoms with E-state index in [2.05, 4.69) is 29.8 Å². The monoisotopic (exact) mass is 361 g/mol. The molecule has 0 aromatic heterocycles. The summed E-state index contributed by atoms with van der Waals surface area (Å²) in [5, 5.41) is 11.0. The smallest absolute Gasteiger partial charge is 0.237 e. The molecule has 7 atom stereocenters. The Labute approximate surface area is 159 Å². The molecule has 4 heteroatoms. The Morgan fingerprint density at radius 3 is 2.46 bits per heavy atom. The molecule has 2 saturated heterocycles. The number of rotatable bonds is 4. The van der Waals surface area contributed by atoms with Gasteiger partial charge in [-0.25, -0.2) is 0 Å². The minimum absolute atomic E-state index is 0.0355. The predicted molar refractivity (Wildman–Crippen MR) is 106 cm³/mol. The maximum absolute atomic E-state index is 13.2. The lowest BCUT2D eigenvalue weighted by Crippen LogP contribution is -2.60. The molecule has 2 aliphatic heterocycles. The number of fused-ring (bicyclic) bond motifs is 1. The number of nitrogens with one attached hydrogen (secondary N) is 3. The lowest BCUT2D eigenvalue weighted by molar-refractivity contribution is -0.124. The lowest BCUT2D eigenvalue weighted by Gasteiger charge is -2.40. The van der Waals surface area contributed by atoms with Crippen LogP contribution in [0.15, 0.2) is 0 Å². The van der Waals surface area contributed by atoms with E-state index in [9.17, 15) is 4.79 Å². The summed E-state index contributed by atoms with van der Waals surface area (Å²) in [6.07, 6.45) is 12.8. The molecule has 148 valence electrons. The van der Waals surface area contributed by atoms with E-state index in [0.29, 0.717) is 35.9 Å². The van der Waals surface area contributed by atoms with E-state index in [1.807, 2.05) is 0 Å².